The minimum absolute atomic E-state index is 0.857. The molecule has 356 valence electrons. The van der Waals surface area contributed by atoms with Gasteiger partial charge in [0.15, 0.2) is 0 Å². The van der Waals surface area contributed by atoms with Crippen LogP contribution in [0.15, 0.2) is 261 Å². The van der Waals surface area contributed by atoms with Crippen LogP contribution in [0.4, 0.5) is 17.1 Å². The number of aromatic nitrogens is 1. The minimum Gasteiger partial charge on any atom is -0.311 e. The SMILES string of the molecule is Cc1ccc(N(c2ccc(C)cc2)c2ccc(-n3c4ccc(C5=Cc6ccccc6-c6ccccc6C5)cc4c4cc(-c5ccc(-c6ccc(/C=C/c7ccc(-c8ccccc8)cc7)cc6)cc5)ccc43)cc2)cc1. The highest BCUT2D eigenvalue weighted by molar-refractivity contribution is 6.12. The topological polar surface area (TPSA) is 8.17 Å². The van der Waals surface area contributed by atoms with Crippen LogP contribution in [0.2, 0.25) is 0 Å². The summed E-state index contributed by atoms with van der Waals surface area (Å²) in [4.78, 5) is 2.34. The van der Waals surface area contributed by atoms with E-state index in [2.05, 4.69) is 302 Å². The number of hydrogen-bond donors (Lipinski definition) is 0. The molecule has 0 aliphatic heterocycles. The number of benzene rings is 11. The highest BCUT2D eigenvalue weighted by Gasteiger charge is 2.20. The van der Waals surface area contributed by atoms with Crippen molar-refractivity contribution < 1.29 is 0 Å². The number of allylic oxidation sites excluding steroid dienone is 1. The summed E-state index contributed by atoms with van der Waals surface area (Å²) >= 11 is 0. The molecule has 0 saturated heterocycles. The van der Waals surface area contributed by atoms with Gasteiger partial charge in [-0.25, -0.2) is 0 Å². The Balaban J connectivity index is 0.851. The van der Waals surface area contributed by atoms with Crippen LogP contribution in [-0.4, -0.2) is 4.57 Å². The molecular formula is C73H54N2. The molecule has 0 amide bonds. The number of aryl methyl sites for hydroxylation is 2. The second-order valence-corrected chi connectivity index (χ2v) is 19.9. The Bertz CT molecular complexity index is 4040. The van der Waals surface area contributed by atoms with E-state index in [0.29, 0.717) is 0 Å². The monoisotopic (exact) mass is 958 g/mol. The van der Waals surface area contributed by atoms with E-state index >= 15 is 0 Å². The molecule has 13 rings (SSSR count). The Morgan fingerprint density at radius 3 is 1.36 bits per heavy atom. The normalized spacial score (nSPS) is 12.1. The number of anilines is 3. The van der Waals surface area contributed by atoms with Crippen molar-refractivity contribution in [1.82, 2.24) is 4.57 Å². The maximum absolute atomic E-state index is 2.44. The first kappa shape index (κ1) is 45.4. The van der Waals surface area contributed by atoms with E-state index in [1.165, 1.54) is 111 Å². The Labute approximate surface area is 440 Å². The van der Waals surface area contributed by atoms with Crippen molar-refractivity contribution in [2.45, 2.75) is 20.3 Å². The molecule has 0 unspecified atom stereocenters. The Hall–Kier alpha value is -9.50. The van der Waals surface area contributed by atoms with Crippen molar-refractivity contribution in [3.05, 3.63) is 300 Å². The summed E-state index contributed by atoms with van der Waals surface area (Å²) in [5.74, 6) is 0. The lowest BCUT2D eigenvalue weighted by molar-refractivity contribution is 1.17. The van der Waals surface area contributed by atoms with Crippen molar-refractivity contribution in [3.8, 4) is 50.2 Å². The smallest absolute Gasteiger partial charge is 0.0541 e. The van der Waals surface area contributed by atoms with Gasteiger partial charge in [-0.1, -0.05) is 217 Å². The molecule has 0 atom stereocenters. The molecule has 75 heavy (non-hydrogen) atoms. The van der Waals surface area contributed by atoms with Gasteiger partial charge in [0.05, 0.1) is 11.0 Å². The maximum Gasteiger partial charge on any atom is 0.0541 e. The Morgan fingerprint density at radius 2 is 0.787 bits per heavy atom. The first-order valence-corrected chi connectivity index (χ1v) is 26.0. The second-order valence-electron chi connectivity index (χ2n) is 19.9. The zero-order valence-corrected chi connectivity index (χ0v) is 42.2. The first-order chi connectivity index (χ1) is 37.0. The van der Waals surface area contributed by atoms with Crippen LogP contribution >= 0.6 is 0 Å². The molecule has 1 heterocycles. The fourth-order valence-electron chi connectivity index (χ4n) is 11.0. The predicted octanol–water partition coefficient (Wildman–Crippen LogP) is 19.8. The largest absolute Gasteiger partial charge is 0.311 e. The van der Waals surface area contributed by atoms with E-state index in [0.717, 1.165) is 29.2 Å². The summed E-state index contributed by atoms with van der Waals surface area (Å²) in [5.41, 5.74) is 26.6. The average molecular weight is 959 g/mol. The van der Waals surface area contributed by atoms with Gasteiger partial charge in [-0.2, -0.15) is 0 Å². The molecule has 0 N–H and O–H groups in total. The van der Waals surface area contributed by atoms with Crippen LogP contribution in [-0.2, 0) is 6.42 Å². The third-order valence-electron chi connectivity index (χ3n) is 15.0. The highest BCUT2D eigenvalue weighted by atomic mass is 15.1. The number of rotatable bonds is 10. The van der Waals surface area contributed by atoms with E-state index in [4.69, 9.17) is 0 Å². The van der Waals surface area contributed by atoms with Gasteiger partial charge in [0.25, 0.3) is 0 Å². The summed E-state index contributed by atoms with van der Waals surface area (Å²) in [7, 11) is 0. The third kappa shape index (κ3) is 8.98. The molecule has 2 nitrogen and oxygen atoms in total. The fourth-order valence-corrected chi connectivity index (χ4v) is 11.0. The lowest BCUT2D eigenvalue weighted by Crippen LogP contribution is -2.10. The van der Waals surface area contributed by atoms with E-state index in [-0.39, 0.29) is 0 Å². The molecule has 1 aliphatic rings. The van der Waals surface area contributed by atoms with E-state index < -0.39 is 0 Å². The van der Waals surface area contributed by atoms with Crippen LogP contribution in [0.1, 0.15) is 38.9 Å². The predicted molar refractivity (Wildman–Crippen MR) is 320 cm³/mol. The van der Waals surface area contributed by atoms with Crippen molar-refractivity contribution in [3.63, 3.8) is 0 Å². The number of hydrogen-bond acceptors (Lipinski definition) is 1. The molecule has 12 aromatic rings. The van der Waals surface area contributed by atoms with Crippen LogP contribution in [0, 0.1) is 13.8 Å². The molecular weight excluding hydrogens is 905 g/mol. The van der Waals surface area contributed by atoms with Gasteiger partial charge < -0.3 is 9.47 Å². The van der Waals surface area contributed by atoms with Gasteiger partial charge >= 0.3 is 0 Å². The molecule has 1 aliphatic carbocycles. The van der Waals surface area contributed by atoms with Crippen molar-refractivity contribution in [1.29, 1.82) is 0 Å². The second kappa shape index (κ2) is 19.5. The van der Waals surface area contributed by atoms with Crippen molar-refractivity contribution in [2.24, 2.45) is 0 Å². The summed E-state index contributed by atoms with van der Waals surface area (Å²) in [6.07, 6.45) is 7.64. The Morgan fingerprint density at radius 1 is 0.360 bits per heavy atom. The van der Waals surface area contributed by atoms with Gasteiger partial charge in [0.2, 0.25) is 0 Å². The third-order valence-corrected chi connectivity index (χ3v) is 15.0. The minimum atomic E-state index is 0.857. The van der Waals surface area contributed by atoms with E-state index in [1.54, 1.807) is 0 Å². The number of nitrogens with zero attached hydrogens (tertiary/aromatic N) is 2. The molecule has 0 fully saturated rings. The maximum atomic E-state index is 2.44. The molecule has 11 aromatic carbocycles. The van der Waals surface area contributed by atoms with E-state index in [1.807, 2.05) is 0 Å². The van der Waals surface area contributed by atoms with Gasteiger partial charge in [-0.05, 0) is 171 Å². The standard InChI is InChI=1S/C73H54N2/c1-50-16-36-64(37-17-50)74(65-38-18-51(2)19-39-65)66-40-42-67(43-41-66)75-72-44-34-59(48-70(72)71-49-60(35-45-73(71)75)63-46-61-12-6-8-14-68(61)69-15-9-7-13-62(69)47-63)58-32-30-57(31-33-58)56-28-24-53(25-29-56)21-20-52-22-26-55(27-23-52)54-10-4-3-5-11-54/h3-46,48-49H,47H2,1-2H3/b21-20+. The zero-order valence-electron chi connectivity index (χ0n) is 42.2. The summed E-state index contributed by atoms with van der Waals surface area (Å²) in [6.45, 7) is 4.28. The molecule has 0 spiro atoms. The fraction of sp³-hybridized carbons (Fsp3) is 0.0411. The van der Waals surface area contributed by atoms with Gasteiger partial charge in [0.1, 0.15) is 0 Å². The molecule has 0 saturated carbocycles. The van der Waals surface area contributed by atoms with Crippen LogP contribution in [0.5, 0.6) is 0 Å². The van der Waals surface area contributed by atoms with Crippen LogP contribution in [0.3, 0.4) is 0 Å². The average Bonchev–Trinajstić information content (AvgIpc) is 3.69. The summed E-state index contributed by atoms with van der Waals surface area (Å²) < 4.78 is 2.44. The van der Waals surface area contributed by atoms with Crippen LogP contribution < -0.4 is 4.90 Å². The first-order valence-electron chi connectivity index (χ1n) is 26.0. The van der Waals surface area contributed by atoms with Crippen molar-refractivity contribution in [2.75, 3.05) is 4.90 Å². The lowest BCUT2D eigenvalue weighted by Gasteiger charge is -2.26. The summed E-state index contributed by atoms with van der Waals surface area (Å²) in [5, 5.41) is 2.46. The lowest BCUT2D eigenvalue weighted by atomic mass is 9.94. The quantitative estimate of drug-likeness (QED) is 0.124. The van der Waals surface area contributed by atoms with Gasteiger partial charge in [-0.3, -0.25) is 0 Å². The Kier molecular flexibility index (Phi) is 11.8. The summed E-state index contributed by atoms with van der Waals surface area (Å²) in [6, 6.07) is 95.7. The van der Waals surface area contributed by atoms with Crippen molar-refractivity contribution >= 4 is 62.7 Å². The molecule has 0 bridgehead atoms. The molecule has 2 heteroatoms. The molecule has 0 radical (unpaired) electrons. The van der Waals surface area contributed by atoms with Gasteiger partial charge in [0, 0.05) is 33.5 Å². The number of fused-ring (bicyclic) bond motifs is 6. The highest BCUT2D eigenvalue weighted by Crippen LogP contribution is 2.42. The zero-order chi connectivity index (χ0) is 50.2. The van der Waals surface area contributed by atoms with Gasteiger partial charge in [-0.15, -0.1) is 0 Å². The van der Waals surface area contributed by atoms with E-state index in [9.17, 15) is 0 Å². The molecule has 1 aromatic heterocycles. The van der Waals surface area contributed by atoms with Crippen LogP contribution in [0.25, 0.3) is 95.8 Å².